The van der Waals surface area contributed by atoms with Crippen LogP contribution in [0.1, 0.15) is 37.0 Å². The van der Waals surface area contributed by atoms with Crippen LogP contribution in [-0.2, 0) is 9.84 Å². The Hall–Kier alpha value is -0.870. The van der Waals surface area contributed by atoms with Crippen LogP contribution >= 0.6 is 0 Å². The Morgan fingerprint density at radius 2 is 2.06 bits per heavy atom. The Kier molecular flexibility index (Phi) is 5.15. The lowest BCUT2D eigenvalue weighted by Crippen LogP contribution is -2.10. The molecule has 1 N–H and O–H groups in total. The Morgan fingerprint density at radius 3 is 2.65 bits per heavy atom. The summed E-state index contributed by atoms with van der Waals surface area (Å²) >= 11 is 0. The van der Waals surface area contributed by atoms with Gasteiger partial charge in [0.2, 0.25) is 0 Å². The lowest BCUT2D eigenvalue weighted by molar-refractivity contribution is 0.166. The molecule has 1 atom stereocenters. The molecular formula is C13H20O3S. The van der Waals surface area contributed by atoms with Crippen molar-refractivity contribution in [2.45, 2.75) is 32.8 Å². The van der Waals surface area contributed by atoms with E-state index in [9.17, 15) is 13.5 Å². The first-order valence-corrected chi connectivity index (χ1v) is 7.72. The second-order valence-electron chi connectivity index (χ2n) is 4.31. The van der Waals surface area contributed by atoms with Gasteiger partial charge >= 0.3 is 0 Å². The summed E-state index contributed by atoms with van der Waals surface area (Å²) in [5.41, 5.74) is 1.96. The second-order valence-corrected chi connectivity index (χ2v) is 6.78. The van der Waals surface area contributed by atoms with Gasteiger partial charge in [0, 0.05) is 5.75 Å². The van der Waals surface area contributed by atoms with E-state index in [0.29, 0.717) is 12.8 Å². The maximum Gasteiger partial charge on any atom is 0.150 e. The lowest BCUT2D eigenvalue weighted by atomic mass is 10.0. The minimum atomic E-state index is -2.92. The van der Waals surface area contributed by atoms with Gasteiger partial charge in [-0.1, -0.05) is 36.8 Å². The average molecular weight is 256 g/mol. The summed E-state index contributed by atoms with van der Waals surface area (Å²) in [6.45, 7) is 3.62. The van der Waals surface area contributed by atoms with E-state index in [1.54, 1.807) is 6.92 Å². The van der Waals surface area contributed by atoms with Gasteiger partial charge in [-0.25, -0.2) is 8.42 Å². The highest BCUT2D eigenvalue weighted by molar-refractivity contribution is 7.91. The standard InChI is InChI=1S/C13H20O3S/c1-3-17(15,16)9-5-8-13(14)12-7-4-6-11(2)10-12/h4,6-7,10,13-14H,3,5,8-9H2,1-2H3. The molecule has 0 aliphatic carbocycles. The molecule has 96 valence electrons. The summed E-state index contributed by atoms with van der Waals surface area (Å²) in [6, 6.07) is 7.67. The maximum atomic E-state index is 11.3. The Morgan fingerprint density at radius 1 is 1.35 bits per heavy atom. The van der Waals surface area contributed by atoms with Crippen LogP contribution in [0.5, 0.6) is 0 Å². The van der Waals surface area contributed by atoms with Crippen molar-refractivity contribution in [3.05, 3.63) is 35.4 Å². The van der Waals surface area contributed by atoms with Crippen LogP contribution in [0.15, 0.2) is 24.3 Å². The number of hydrogen-bond acceptors (Lipinski definition) is 3. The summed E-state index contributed by atoms with van der Waals surface area (Å²) < 4.78 is 22.6. The van der Waals surface area contributed by atoms with Crippen molar-refractivity contribution in [3.8, 4) is 0 Å². The van der Waals surface area contributed by atoms with E-state index in [1.807, 2.05) is 31.2 Å². The average Bonchev–Trinajstić information content (AvgIpc) is 2.28. The van der Waals surface area contributed by atoms with E-state index in [2.05, 4.69) is 0 Å². The van der Waals surface area contributed by atoms with Gasteiger partial charge in [-0.2, -0.15) is 0 Å². The number of rotatable bonds is 6. The van der Waals surface area contributed by atoms with Crippen LogP contribution < -0.4 is 0 Å². The third kappa shape index (κ3) is 4.88. The molecule has 0 aromatic heterocycles. The SMILES string of the molecule is CCS(=O)(=O)CCCC(O)c1cccc(C)c1. The third-order valence-corrected chi connectivity index (χ3v) is 4.59. The van der Waals surface area contributed by atoms with Gasteiger partial charge in [-0.15, -0.1) is 0 Å². The molecule has 0 aliphatic heterocycles. The van der Waals surface area contributed by atoms with Crippen molar-refractivity contribution in [2.24, 2.45) is 0 Å². The smallest absolute Gasteiger partial charge is 0.150 e. The number of aliphatic hydroxyl groups is 1. The zero-order valence-corrected chi connectivity index (χ0v) is 11.2. The molecule has 4 heteroatoms. The predicted molar refractivity (Wildman–Crippen MR) is 69.7 cm³/mol. The molecule has 3 nitrogen and oxygen atoms in total. The van der Waals surface area contributed by atoms with Crippen molar-refractivity contribution in [3.63, 3.8) is 0 Å². The maximum absolute atomic E-state index is 11.3. The lowest BCUT2D eigenvalue weighted by Gasteiger charge is -2.11. The first-order valence-electron chi connectivity index (χ1n) is 5.89. The van der Waals surface area contributed by atoms with Gasteiger partial charge in [0.15, 0.2) is 0 Å². The Balaban J connectivity index is 2.48. The fourth-order valence-electron chi connectivity index (χ4n) is 1.68. The monoisotopic (exact) mass is 256 g/mol. The van der Waals surface area contributed by atoms with Crippen molar-refractivity contribution < 1.29 is 13.5 Å². The number of benzene rings is 1. The number of hydrogen-bond donors (Lipinski definition) is 1. The first-order chi connectivity index (χ1) is 7.94. The summed E-state index contributed by atoms with van der Waals surface area (Å²) in [4.78, 5) is 0. The van der Waals surface area contributed by atoms with Gasteiger partial charge < -0.3 is 5.11 Å². The highest BCUT2D eigenvalue weighted by atomic mass is 32.2. The Bertz CT molecular complexity index is 451. The van der Waals surface area contributed by atoms with Crippen LogP contribution in [-0.4, -0.2) is 25.0 Å². The summed E-state index contributed by atoms with van der Waals surface area (Å²) in [5.74, 6) is 0.333. The van der Waals surface area contributed by atoms with E-state index in [0.717, 1.165) is 11.1 Å². The van der Waals surface area contributed by atoms with Crippen LogP contribution in [0.2, 0.25) is 0 Å². The minimum Gasteiger partial charge on any atom is -0.388 e. The van der Waals surface area contributed by atoms with Crippen molar-refractivity contribution in [2.75, 3.05) is 11.5 Å². The van der Waals surface area contributed by atoms with E-state index in [1.165, 1.54) is 0 Å². The third-order valence-electron chi connectivity index (χ3n) is 2.80. The molecule has 0 saturated heterocycles. The normalized spacial score (nSPS) is 13.6. The molecule has 0 fully saturated rings. The fourth-order valence-corrected chi connectivity index (χ4v) is 2.58. The number of aliphatic hydroxyl groups excluding tert-OH is 1. The predicted octanol–water partition coefficient (Wildman–Crippen LogP) is 2.24. The molecule has 0 spiro atoms. The van der Waals surface area contributed by atoms with E-state index in [4.69, 9.17) is 0 Å². The molecule has 1 aromatic carbocycles. The number of aryl methyl sites for hydroxylation is 1. The molecule has 0 bridgehead atoms. The first kappa shape index (κ1) is 14.2. The van der Waals surface area contributed by atoms with Gasteiger partial charge in [0.05, 0.1) is 11.9 Å². The molecule has 0 saturated carbocycles. The zero-order chi connectivity index (χ0) is 12.9. The summed E-state index contributed by atoms with van der Waals surface area (Å²) in [7, 11) is -2.92. The van der Waals surface area contributed by atoms with E-state index < -0.39 is 15.9 Å². The molecule has 1 rings (SSSR count). The van der Waals surface area contributed by atoms with Gasteiger partial charge in [0.25, 0.3) is 0 Å². The van der Waals surface area contributed by atoms with Crippen molar-refractivity contribution in [1.82, 2.24) is 0 Å². The Labute approximate surface area is 103 Å². The van der Waals surface area contributed by atoms with Crippen LogP contribution in [0.4, 0.5) is 0 Å². The molecule has 1 unspecified atom stereocenters. The van der Waals surface area contributed by atoms with Gasteiger partial charge in [0.1, 0.15) is 9.84 Å². The van der Waals surface area contributed by atoms with Crippen LogP contribution in [0, 0.1) is 6.92 Å². The quantitative estimate of drug-likeness (QED) is 0.849. The van der Waals surface area contributed by atoms with E-state index in [-0.39, 0.29) is 11.5 Å². The van der Waals surface area contributed by atoms with Crippen molar-refractivity contribution >= 4 is 9.84 Å². The second kappa shape index (κ2) is 6.17. The topological polar surface area (TPSA) is 54.4 Å². The highest BCUT2D eigenvalue weighted by Gasteiger charge is 2.11. The van der Waals surface area contributed by atoms with Gasteiger partial charge in [-0.05, 0) is 25.3 Å². The summed E-state index contributed by atoms with van der Waals surface area (Å²) in [6.07, 6.45) is 0.426. The summed E-state index contributed by atoms with van der Waals surface area (Å²) in [5, 5.41) is 9.92. The highest BCUT2D eigenvalue weighted by Crippen LogP contribution is 2.19. The molecule has 0 radical (unpaired) electrons. The molecule has 0 heterocycles. The zero-order valence-electron chi connectivity index (χ0n) is 10.4. The molecule has 1 aromatic rings. The molecular weight excluding hydrogens is 236 g/mol. The van der Waals surface area contributed by atoms with Crippen LogP contribution in [0.3, 0.4) is 0 Å². The van der Waals surface area contributed by atoms with Gasteiger partial charge in [-0.3, -0.25) is 0 Å². The fraction of sp³-hybridized carbons (Fsp3) is 0.538. The number of sulfone groups is 1. The molecule has 17 heavy (non-hydrogen) atoms. The van der Waals surface area contributed by atoms with Crippen LogP contribution in [0.25, 0.3) is 0 Å². The van der Waals surface area contributed by atoms with Crippen molar-refractivity contribution in [1.29, 1.82) is 0 Å². The van der Waals surface area contributed by atoms with E-state index >= 15 is 0 Å². The minimum absolute atomic E-state index is 0.159. The largest absolute Gasteiger partial charge is 0.388 e. The molecule has 0 amide bonds. The molecule has 0 aliphatic rings.